The molecule has 0 aliphatic carbocycles. The van der Waals surface area contributed by atoms with E-state index in [1.807, 2.05) is 6.07 Å². The molecule has 4 rings (SSSR count). The summed E-state index contributed by atoms with van der Waals surface area (Å²) < 4.78 is 11.7. The SMILES string of the molecule is COc1ccccc1[C@@H](CCN(Cc1ccccc1)[C@@H](C)c1ccccc1)c1ccc(OC(C)C)cc1. The van der Waals surface area contributed by atoms with Crippen molar-refractivity contribution >= 4 is 0 Å². The third-order valence-corrected chi connectivity index (χ3v) is 6.93. The van der Waals surface area contributed by atoms with E-state index in [9.17, 15) is 0 Å². The van der Waals surface area contributed by atoms with Crippen LogP contribution in [-0.2, 0) is 6.54 Å². The average molecular weight is 494 g/mol. The van der Waals surface area contributed by atoms with E-state index in [0.717, 1.165) is 31.0 Å². The van der Waals surface area contributed by atoms with E-state index in [1.54, 1.807) is 7.11 Å². The van der Waals surface area contributed by atoms with Crippen LogP contribution in [0, 0.1) is 0 Å². The van der Waals surface area contributed by atoms with E-state index in [-0.39, 0.29) is 12.0 Å². The zero-order valence-corrected chi connectivity index (χ0v) is 22.5. The fraction of sp³-hybridized carbons (Fsp3) is 0.294. The van der Waals surface area contributed by atoms with Crippen molar-refractivity contribution in [3.8, 4) is 11.5 Å². The number of rotatable bonds is 12. The molecule has 0 fully saturated rings. The predicted molar refractivity (Wildman–Crippen MR) is 153 cm³/mol. The molecule has 3 nitrogen and oxygen atoms in total. The van der Waals surface area contributed by atoms with Gasteiger partial charge in [-0.25, -0.2) is 0 Å². The lowest BCUT2D eigenvalue weighted by Gasteiger charge is -2.32. The third kappa shape index (κ3) is 7.24. The van der Waals surface area contributed by atoms with E-state index >= 15 is 0 Å². The molecule has 0 amide bonds. The van der Waals surface area contributed by atoms with Crippen molar-refractivity contribution in [3.63, 3.8) is 0 Å². The van der Waals surface area contributed by atoms with E-state index in [4.69, 9.17) is 9.47 Å². The highest BCUT2D eigenvalue weighted by Crippen LogP contribution is 2.36. The molecule has 0 aliphatic rings. The van der Waals surface area contributed by atoms with Crippen molar-refractivity contribution in [2.24, 2.45) is 0 Å². The van der Waals surface area contributed by atoms with Gasteiger partial charge in [0.2, 0.25) is 0 Å². The molecule has 4 aromatic rings. The number of benzene rings is 4. The van der Waals surface area contributed by atoms with Gasteiger partial charge >= 0.3 is 0 Å². The van der Waals surface area contributed by atoms with Crippen molar-refractivity contribution in [1.29, 1.82) is 0 Å². The Morgan fingerprint density at radius 3 is 1.95 bits per heavy atom. The highest BCUT2D eigenvalue weighted by molar-refractivity contribution is 5.43. The molecule has 0 saturated carbocycles. The van der Waals surface area contributed by atoms with Gasteiger partial charge in [0.15, 0.2) is 0 Å². The lowest BCUT2D eigenvalue weighted by Crippen LogP contribution is -2.29. The minimum atomic E-state index is 0.155. The maximum Gasteiger partial charge on any atom is 0.122 e. The molecular formula is C34H39NO2. The summed E-state index contributed by atoms with van der Waals surface area (Å²) in [5.74, 6) is 2.03. The minimum Gasteiger partial charge on any atom is -0.496 e. The number of ether oxygens (including phenoxy) is 2. The molecule has 0 saturated heterocycles. The standard InChI is InChI=1S/C34H39NO2/c1-26(2)37-31-21-19-30(20-22-31)32(33-17-11-12-18-34(33)36-4)23-24-35(25-28-13-7-5-8-14-28)27(3)29-15-9-6-10-16-29/h5-22,26-27,32H,23-25H2,1-4H3/t27-,32-/m0/s1. The zero-order valence-electron chi connectivity index (χ0n) is 22.5. The minimum absolute atomic E-state index is 0.155. The number of nitrogens with zero attached hydrogens (tertiary/aromatic N) is 1. The summed E-state index contributed by atoms with van der Waals surface area (Å²) in [6, 6.07) is 38.9. The van der Waals surface area contributed by atoms with E-state index in [2.05, 4.69) is 129 Å². The van der Waals surface area contributed by atoms with Crippen LogP contribution in [0.2, 0.25) is 0 Å². The first kappa shape index (κ1) is 26.5. The molecule has 0 N–H and O–H groups in total. The molecule has 0 radical (unpaired) electrons. The first-order valence-corrected chi connectivity index (χ1v) is 13.3. The molecule has 192 valence electrons. The second-order valence-electron chi connectivity index (χ2n) is 9.86. The van der Waals surface area contributed by atoms with Gasteiger partial charge in [0, 0.05) is 24.1 Å². The van der Waals surface area contributed by atoms with Crippen LogP contribution < -0.4 is 9.47 Å². The van der Waals surface area contributed by atoms with Gasteiger partial charge in [-0.15, -0.1) is 0 Å². The van der Waals surface area contributed by atoms with Crippen LogP contribution >= 0.6 is 0 Å². The third-order valence-electron chi connectivity index (χ3n) is 6.93. The van der Waals surface area contributed by atoms with Crippen LogP contribution in [0.25, 0.3) is 0 Å². The quantitative estimate of drug-likeness (QED) is 0.198. The Balaban J connectivity index is 1.64. The topological polar surface area (TPSA) is 21.7 Å². The summed E-state index contributed by atoms with van der Waals surface area (Å²) in [5, 5.41) is 0. The largest absolute Gasteiger partial charge is 0.496 e. The molecule has 2 atom stereocenters. The second kappa shape index (κ2) is 13.1. The molecule has 4 aromatic carbocycles. The van der Waals surface area contributed by atoms with Crippen molar-refractivity contribution in [2.45, 2.75) is 51.8 Å². The summed E-state index contributed by atoms with van der Waals surface area (Å²) in [5.41, 5.74) is 5.15. The molecule has 0 heterocycles. The average Bonchev–Trinajstić information content (AvgIpc) is 2.94. The summed E-state index contributed by atoms with van der Waals surface area (Å²) >= 11 is 0. The van der Waals surface area contributed by atoms with Crippen molar-refractivity contribution in [2.75, 3.05) is 13.7 Å². The first-order valence-electron chi connectivity index (χ1n) is 13.3. The number of hydrogen-bond acceptors (Lipinski definition) is 3. The van der Waals surface area contributed by atoms with Gasteiger partial charge < -0.3 is 9.47 Å². The Kier molecular flexibility index (Phi) is 9.40. The van der Waals surface area contributed by atoms with Crippen molar-refractivity contribution < 1.29 is 9.47 Å². The number of para-hydroxylation sites is 1. The lowest BCUT2D eigenvalue weighted by atomic mass is 9.87. The number of methoxy groups -OCH3 is 1. The molecule has 0 aromatic heterocycles. The van der Waals surface area contributed by atoms with Gasteiger partial charge in [-0.05, 0) is 68.6 Å². The zero-order chi connectivity index (χ0) is 26.0. The van der Waals surface area contributed by atoms with Gasteiger partial charge in [-0.3, -0.25) is 4.90 Å². The molecule has 0 aliphatic heterocycles. The first-order chi connectivity index (χ1) is 18.0. The Morgan fingerprint density at radius 2 is 1.30 bits per heavy atom. The Morgan fingerprint density at radius 1 is 0.676 bits per heavy atom. The highest BCUT2D eigenvalue weighted by Gasteiger charge is 2.22. The predicted octanol–water partition coefficient (Wildman–Crippen LogP) is 8.27. The molecular weight excluding hydrogens is 454 g/mol. The van der Waals surface area contributed by atoms with E-state index < -0.39 is 0 Å². The Bertz CT molecular complexity index is 1210. The van der Waals surface area contributed by atoms with E-state index in [1.165, 1.54) is 22.3 Å². The monoisotopic (exact) mass is 493 g/mol. The smallest absolute Gasteiger partial charge is 0.122 e. The molecule has 0 unspecified atom stereocenters. The molecule has 0 spiro atoms. The van der Waals surface area contributed by atoms with Gasteiger partial charge in [0.05, 0.1) is 13.2 Å². The number of hydrogen-bond donors (Lipinski definition) is 0. The molecule has 37 heavy (non-hydrogen) atoms. The Labute approximate surface area is 222 Å². The maximum atomic E-state index is 5.91. The van der Waals surface area contributed by atoms with Gasteiger partial charge in [0.25, 0.3) is 0 Å². The maximum absolute atomic E-state index is 5.91. The fourth-order valence-corrected chi connectivity index (χ4v) is 4.97. The van der Waals surface area contributed by atoms with Crippen molar-refractivity contribution in [1.82, 2.24) is 4.90 Å². The van der Waals surface area contributed by atoms with Crippen LogP contribution in [0.3, 0.4) is 0 Å². The van der Waals surface area contributed by atoms with Crippen LogP contribution in [0.15, 0.2) is 109 Å². The van der Waals surface area contributed by atoms with Crippen LogP contribution in [-0.4, -0.2) is 24.7 Å². The van der Waals surface area contributed by atoms with Gasteiger partial charge in [-0.2, -0.15) is 0 Å². The fourth-order valence-electron chi connectivity index (χ4n) is 4.97. The molecule has 0 bridgehead atoms. The summed E-state index contributed by atoms with van der Waals surface area (Å²) in [6.45, 7) is 8.27. The van der Waals surface area contributed by atoms with Crippen LogP contribution in [0.1, 0.15) is 61.4 Å². The van der Waals surface area contributed by atoms with Gasteiger partial charge in [0.1, 0.15) is 11.5 Å². The summed E-state index contributed by atoms with van der Waals surface area (Å²) in [6.07, 6.45) is 1.12. The molecule has 3 heteroatoms. The van der Waals surface area contributed by atoms with Crippen LogP contribution in [0.4, 0.5) is 0 Å². The van der Waals surface area contributed by atoms with Crippen molar-refractivity contribution in [3.05, 3.63) is 131 Å². The second-order valence-corrected chi connectivity index (χ2v) is 9.86. The Hall–Kier alpha value is -3.56. The normalized spacial score (nSPS) is 12.9. The lowest BCUT2D eigenvalue weighted by molar-refractivity contribution is 0.196. The van der Waals surface area contributed by atoms with Crippen LogP contribution in [0.5, 0.6) is 11.5 Å². The van der Waals surface area contributed by atoms with Gasteiger partial charge in [-0.1, -0.05) is 91.0 Å². The summed E-state index contributed by atoms with van der Waals surface area (Å²) in [7, 11) is 1.76. The summed E-state index contributed by atoms with van der Waals surface area (Å²) in [4.78, 5) is 2.59. The van der Waals surface area contributed by atoms with E-state index in [0.29, 0.717) is 6.04 Å². The highest BCUT2D eigenvalue weighted by atomic mass is 16.5.